The van der Waals surface area contributed by atoms with Gasteiger partial charge in [0.1, 0.15) is 0 Å². The molecule has 1 aromatic heterocycles. The quantitative estimate of drug-likeness (QED) is 0.799. The standard InChI is InChI=1S/C12H18ClN3/c13-11-12(16-9-8-14-11)15-7-3-6-10-4-1-2-5-10/h8-10H,1-7H2,(H,15,16). The van der Waals surface area contributed by atoms with E-state index in [9.17, 15) is 0 Å². The monoisotopic (exact) mass is 239 g/mol. The summed E-state index contributed by atoms with van der Waals surface area (Å²) in [5.74, 6) is 1.66. The van der Waals surface area contributed by atoms with E-state index >= 15 is 0 Å². The molecule has 0 aliphatic heterocycles. The van der Waals surface area contributed by atoms with Gasteiger partial charge in [0, 0.05) is 18.9 Å². The Balaban J connectivity index is 1.66. The van der Waals surface area contributed by atoms with Crippen LogP contribution in [0.1, 0.15) is 38.5 Å². The molecule has 4 heteroatoms. The predicted molar refractivity (Wildman–Crippen MR) is 66.7 cm³/mol. The van der Waals surface area contributed by atoms with E-state index in [-0.39, 0.29) is 0 Å². The zero-order chi connectivity index (χ0) is 11.2. The number of nitrogens with zero attached hydrogens (tertiary/aromatic N) is 2. The largest absolute Gasteiger partial charge is 0.368 e. The van der Waals surface area contributed by atoms with E-state index in [4.69, 9.17) is 11.6 Å². The maximum atomic E-state index is 5.89. The Bertz CT molecular complexity index is 324. The molecule has 3 nitrogen and oxygen atoms in total. The summed E-state index contributed by atoms with van der Waals surface area (Å²) in [4.78, 5) is 8.12. The fourth-order valence-electron chi connectivity index (χ4n) is 2.34. The normalized spacial score (nSPS) is 16.6. The molecule has 1 saturated carbocycles. The van der Waals surface area contributed by atoms with Gasteiger partial charge in [0.05, 0.1) is 0 Å². The van der Waals surface area contributed by atoms with Gasteiger partial charge in [0.25, 0.3) is 0 Å². The number of hydrogen-bond acceptors (Lipinski definition) is 3. The first kappa shape index (κ1) is 11.6. The summed E-state index contributed by atoms with van der Waals surface area (Å²) in [5, 5.41) is 3.69. The molecule has 1 fully saturated rings. The molecule has 0 bridgehead atoms. The van der Waals surface area contributed by atoms with Crippen LogP contribution in [-0.4, -0.2) is 16.5 Å². The first-order valence-corrected chi connectivity index (χ1v) is 6.44. The van der Waals surface area contributed by atoms with E-state index in [1.165, 1.54) is 38.5 Å². The fraction of sp³-hybridized carbons (Fsp3) is 0.667. The second-order valence-corrected chi connectivity index (χ2v) is 4.77. The molecule has 1 aromatic rings. The lowest BCUT2D eigenvalue weighted by Crippen LogP contribution is -2.06. The van der Waals surface area contributed by atoms with Crippen molar-refractivity contribution in [3.8, 4) is 0 Å². The molecule has 0 radical (unpaired) electrons. The lowest BCUT2D eigenvalue weighted by atomic mass is 10.0. The van der Waals surface area contributed by atoms with Crippen molar-refractivity contribution >= 4 is 17.4 Å². The van der Waals surface area contributed by atoms with Crippen LogP contribution in [0.3, 0.4) is 0 Å². The van der Waals surface area contributed by atoms with Crippen molar-refractivity contribution in [2.75, 3.05) is 11.9 Å². The van der Waals surface area contributed by atoms with Crippen LogP contribution in [0.5, 0.6) is 0 Å². The summed E-state index contributed by atoms with van der Waals surface area (Å²) < 4.78 is 0. The Morgan fingerprint density at radius 2 is 2.00 bits per heavy atom. The zero-order valence-electron chi connectivity index (χ0n) is 9.45. The molecule has 0 aromatic carbocycles. The number of rotatable bonds is 5. The second kappa shape index (κ2) is 6.04. The SMILES string of the molecule is Clc1nccnc1NCCCC1CCCC1. The molecule has 1 aliphatic rings. The Morgan fingerprint density at radius 3 is 2.75 bits per heavy atom. The number of hydrogen-bond donors (Lipinski definition) is 1. The average Bonchev–Trinajstić information content (AvgIpc) is 2.79. The summed E-state index contributed by atoms with van der Waals surface area (Å²) in [6.45, 7) is 0.939. The minimum Gasteiger partial charge on any atom is -0.368 e. The van der Waals surface area contributed by atoms with Crippen molar-refractivity contribution in [2.45, 2.75) is 38.5 Å². The molecular formula is C12H18ClN3. The first-order valence-electron chi connectivity index (χ1n) is 6.06. The molecule has 0 atom stereocenters. The average molecular weight is 240 g/mol. The van der Waals surface area contributed by atoms with Gasteiger partial charge in [-0.1, -0.05) is 37.3 Å². The van der Waals surface area contributed by atoms with Crippen LogP contribution >= 0.6 is 11.6 Å². The van der Waals surface area contributed by atoms with Crippen LogP contribution < -0.4 is 5.32 Å². The van der Waals surface area contributed by atoms with E-state index in [0.717, 1.165) is 12.5 Å². The summed E-state index contributed by atoms with van der Waals surface area (Å²) in [5.41, 5.74) is 0. The highest BCUT2D eigenvalue weighted by Crippen LogP contribution is 2.28. The highest BCUT2D eigenvalue weighted by molar-refractivity contribution is 6.31. The molecule has 16 heavy (non-hydrogen) atoms. The van der Waals surface area contributed by atoms with Crippen LogP contribution in [0.15, 0.2) is 12.4 Å². The third-order valence-electron chi connectivity index (χ3n) is 3.21. The molecule has 88 valence electrons. The van der Waals surface area contributed by atoms with E-state index in [0.29, 0.717) is 11.0 Å². The summed E-state index contributed by atoms with van der Waals surface area (Å²) in [6.07, 6.45) is 11.5. The van der Waals surface area contributed by atoms with Crippen LogP contribution in [0.4, 0.5) is 5.82 Å². The zero-order valence-corrected chi connectivity index (χ0v) is 10.2. The van der Waals surface area contributed by atoms with Gasteiger partial charge in [0.15, 0.2) is 11.0 Å². The Hall–Kier alpha value is -0.830. The number of aromatic nitrogens is 2. The van der Waals surface area contributed by atoms with Gasteiger partial charge < -0.3 is 5.32 Å². The lowest BCUT2D eigenvalue weighted by molar-refractivity contribution is 0.491. The maximum Gasteiger partial charge on any atom is 0.171 e. The molecule has 0 spiro atoms. The summed E-state index contributed by atoms with van der Waals surface area (Å²) in [6, 6.07) is 0. The third-order valence-corrected chi connectivity index (χ3v) is 3.49. The van der Waals surface area contributed by atoms with Crippen molar-refractivity contribution in [3.63, 3.8) is 0 Å². The molecule has 1 N–H and O–H groups in total. The third kappa shape index (κ3) is 3.34. The van der Waals surface area contributed by atoms with Crippen LogP contribution in [0, 0.1) is 5.92 Å². The Kier molecular flexibility index (Phi) is 4.40. The predicted octanol–water partition coefficient (Wildman–Crippen LogP) is 3.51. The molecule has 1 heterocycles. The minimum atomic E-state index is 0.461. The topological polar surface area (TPSA) is 37.8 Å². The van der Waals surface area contributed by atoms with Crippen LogP contribution in [0.25, 0.3) is 0 Å². The van der Waals surface area contributed by atoms with Gasteiger partial charge >= 0.3 is 0 Å². The van der Waals surface area contributed by atoms with Gasteiger partial charge in [-0.15, -0.1) is 0 Å². The molecule has 0 saturated heterocycles. The van der Waals surface area contributed by atoms with Gasteiger partial charge in [-0.3, -0.25) is 0 Å². The molecule has 2 rings (SSSR count). The lowest BCUT2D eigenvalue weighted by Gasteiger charge is -2.09. The molecule has 1 aliphatic carbocycles. The smallest absolute Gasteiger partial charge is 0.171 e. The Labute approximate surface area is 102 Å². The highest BCUT2D eigenvalue weighted by atomic mass is 35.5. The van der Waals surface area contributed by atoms with Gasteiger partial charge in [-0.05, 0) is 18.8 Å². The van der Waals surface area contributed by atoms with Gasteiger partial charge in [0.2, 0.25) is 0 Å². The second-order valence-electron chi connectivity index (χ2n) is 4.42. The summed E-state index contributed by atoms with van der Waals surface area (Å²) >= 11 is 5.89. The number of nitrogens with one attached hydrogen (secondary N) is 1. The van der Waals surface area contributed by atoms with E-state index in [2.05, 4.69) is 15.3 Å². The fourth-order valence-corrected chi connectivity index (χ4v) is 2.51. The molecular weight excluding hydrogens is 222 g/mol. The van der Waals surface area contributed by atoms with E-state index in [1.54, 1.807) is 12.4 Å². The highest BCUT2D eigenvalue weighted by Gasteiger charge is 2.13. The van der Waals surface area contributed by atoms with E-state index in [1.807, 2.05) is 0 Å². The Morgan fingerprint density at radius 1 is 1.25 bits per heavy atom. The van der Waals surface area contributed by atoms with Gasteiger partial charge in [-0.25, -0.2) is 9.97 Å². The van der Waals surface area contributed by atoms with Crippen molar-refractivity contribution in [1.82, 2.24) is 9.97 Å². The summed E-state index contributed by atoms with van der Waals surface area (Å²) in [7, 11) is 0. The van der Waals surface area contributed by atoms with Crippen molar-refractivity contribution in [2.24, 2.45) is 5.92 Å². The van der Waals surface area contributed by atoms with E-state index < -0.39 is 0 Å². The minimum absolute atomic E-state index is 0.461. The number of halogens is 1. The van der Waals surface area contributed by atoms with Crippen molar-refractivity contribution in [1.29, 1.82) is 0 Å². The van der Waals surface area contributed by atoms with Gasteiger partial charge in [-0.2, -0.15) is 0 Å². The molecule has 0 unspecified atom stereocenters. The van der Waals surface area contributed by atoms with Crippen molar-refractivity contribution in [3.05, 3.63) is 17.5 Å². The van der Waals surface area contributed by atoms with Crippen molar-refractivity contribution < 1.29 is 0 Å². The van der Waals surface area contributed by atoms with Crippen LogP contribution in [-0.2, 0) is 0 Å². The van der Waals surface area contributed by atoms with Crippen LogP contribution in [0.2, 0.25) is 5.15 Å². The molecule has 0 amide bonds. The maximum absolute atomic E-state index is 5.89. The number of anilines is 1. The first-order chi connectivity index (χ1) is 7.86.